The van der Waals surface area contributed by atoms with Crippen molar-refractivity contribution in [1.29, 1.82) is 0 Å². The quantitative estimate of drug-likeness (QED) is 0.576. The molecule has 2 atom stereocenters. The number of carbonyl (C=O) groups is 1. The number of aromatic nitrogens is 1. The number of methoxy groups -OCH3 is 1. The van der Waals surface area contributed by atoms with Gasteiger partial charge in [-0.3, -0.25) is 0 Å². The van der Waals surface area contributed by atoms with E-state index in [1.165, 1.54) is 18.4 Å². The highest BCUT2D eigenvalue weighted by atomic mass is 16.5. The normalized spacial score (nSPS) is 23.6. The van der Waals surface area contributed by atoms with Gasteiger partial charge in [0.15, 0.2) is 0 Å². The largest absolute Gasteiger partial charge is 0.465 e. The van der Waals surface area contributed by atoms with E-state index in [0.717, 1.165) is 41.4 Å². The highest BCUT2D eigenvalue weighted by Crippen LogP contribution is 2.56. The van der Waals surface area contributed by atoms with Crippen LogP contribution in [-0.2, 0) is 10.2 Å². The second kappa shape index (κ2) is 5.85. The van der Waals surface area contributed by atoms with E-state index >= 15 is 0 Å². The summed E-state index contributed by atoms with van der Waals surface area (Å²) >= 11 is 0. The van der Waals surface area contributed by atoms with Crippen LogP contribution in [0.1, 0.15) is 47.8 Å². The Balaban J connectivity index is 1.96. The first kappa shape index (κ1) is 16.4. The molecule has 136 valence electrons. The van der Waals surface area contributed by atoms with Crippen molar-refractivity contribution in [3.63, 3.8) is 0 Å². The van der Waals surface area contributed by atoms with Gasteiger partial charge < -0.3 is 9.30 Å². The van der Waals surface area contributed by atoms with E-state index in [4.69, 9.17) is 4.74 Å². The van der Waals surface area contributed by atoms with Gasteiger partial charge in [-0.15, -0.1) is 0 Å². The third kappa shape index (κ3) is 2.05. The molecule has 27 heavy (non-hydrogen) atoms. The molecule has 0 saturated heterocycles. The monoisotopic (exact) mass is 357 g/mol. The number of ether oxygens (including phenoxy) is 1. The number of hydrogen-bond acceptors (Lipinski definition) is 2. The SMILES string of the molecule is COC(=O)c1c2n(c3ccccc13)C(C)=C[C@H]1CCC[C@@]21c1ccccc1. The van der Waals surface area contributed by atoms with Crippen LogP contribution in [0.5, 0.6) is 0 Å². The molecule has 0 unspecified atom stereocenters. The molecular weight excluding hydrogens is 334 g/mol. The zero-order valence-electron chi connectivity index (χ0n) is 15.7. The van der Waals surface area contributed by atoms with Gasteiger partial charge in [-0.1, -0.05) is 61.0 Å². The molecule has 2 aliphatic rings. The smallest absolute Gasteiger partial charge is 0.340 e. The summed E-state index contributed by atoms with van der Waals surface area (Å²) in [5.41, 5.74) is 5.26. The molecule has 0 spiro atoms. The van der Waals surface area contributed by atoms with Crippen molar-refractivity contribution in [1.82, 2.24) is 4.57 Å². The van der Waals surface area contributed by atoms with Crippen LogP contribution in [0.4, 0.5) is 0 Å². The van der Waals surface area contributed by atoms with Gasteiger partial charge in [-0.25, -0.2) is 4.79 Å². The molecule has 1 aliphatic carbocycles. The van der Waals surface area contributed by atoms with Crippen molar-refractivity contribution >= 4 is 22.6 Å². The Bertz CT molecular complexity index is 1080. The molecule has 0 bridgehead atoms. The third-order valence-corrected chi connectivity index (χ3v) is 6.49. The van der Waals surface area contributed by atoms with E-state index in [-0.39, 0.29) is 11.4 Å². The third-order valence-electron chi connectivity index (χ3n) is 6.49. The molecule has 0 radical (unpaired) electrons. The summed E-state index contributed by atoms with van der Waals surface area (Å²) in [7, 11) is 1.48. The first-order valence-corrected chi connectivity index (χ1v) is 9.65. The minimum absolute atomic E-state index is 0.177. The van der Waals surface area contributed by atoms with Crippen LogP contribution in [0.2, 0.25) is 0 Å². The average molecular weight is 357 g/mol. The highest BCUT2D eigenvalue weighted by molar-refractivity contribution is 6.08. The molecule has 0 N–H and O–H groups in total. The lowest BCUT2D eigenvalue weighted by Crippen LogP contribution is -2.38. The first-order valence-electron chi connectivity index (χ1n) is 9.65. The minimum Gasteiger partial charge on any atom is -0.465 e. The molecule has 3 aromatic rings. The molecular formula is C24H23NO2. The van der Waals surface area contributed by atoms with Gasteiger partial charge in [0, 0.05) is 22.2 Å². The van der Waals surface area contributed by atoms with Crippen LogP contribution in [0.3, 0.4) is 0 Å². The number of para-hydroxylation sites is 1. The number of esters is 1. The molecule has 5 rings (SSSR count). The van der Waals surface area contributed by atoms with Crippen LogP contribution in [0, 0.1) is 5.92 Å². The lowest BCUT2D eigenvalue weighted by Gasteiger charge is -2.40. The summed E-state index contributed by atoms with van der Waals surface area (Å²) in [6.07, 6.45) is 5.77. The van der Waals surface area contributed by atoms with Crippen molar-refractivity contribution in [2.75, 3.05) is 7.11 Å². The molecule has 3 heteroatoms. The molecule has 1 aliphatic heterocycles. The molecule has 2 heterocycles. The standard InChI is InChI=1S/C24H23NO2/c1-16-15-18-11-8-14-24(18,17-9-4-3-5-10-17)22-21(23(26)27-2)19-12-6-7-13-20(19)25(16)22/h3-7,9-10,12-13,15,18H,8,11,14H2,1-2H3/t18-,24+/m1/s1. The van der Waals surface area contributed by atoms with Gasteiger partial charge in [-0.2, -0.15) is 0 Å². The van der Waals surface area contributed by atoms with Crippen LogP contribution in [-0.4, -0.2) is 17.6 Å². The van der Waals surface area contributed by atoms with Crippen molar-refractivity contribution in [2.24, 2.45) is 5.92 Å². The molecule has 0 amide bonds. The number of allylic oxidation sites excluding steroid dienone is 2. The highest BCUT2D eigenvalue weighted by Gasteiger charge is 2.51. The lowest BCUT2D eigenvalue weighted by molar-refractivity contribution is 0.0599. The zero-order valence-corrected chi connectivity index (χ0v) is 15.7. The summed E-state index contributed by atoms with van der Waals surface area (Å²) in [6, 6.07) is 18.9. The Morgan fingerprint density at radius 3 is 2.63 bits per heavy atom. The van der Waals surface area contributed by atoms with Gasteiger partial charge in [0.1, 0.15) is 0 Å². The van der Waals surface area contributed by atoms with Crippen LogP contribution in [0.15, 0.2) is 60.7 Å². The Morgan fingerprint density at radius 1 is 1.11 bits per heavy atom. The summed E-state index contributed by atoms with van der Waals surface area (Å²) in [6.45, 7) is 2.16. The van der Waals surface area contributed by atoms with E-state index < -0.39 is 0 Å². The van der Waals surface area contributed by atoms with Crippen LogP contribution >= 0.6 is 0 Å². The molecule has 3 nitrogen and oxygen atoms in total. The maximum absolute atomic E-state index is 13.0. The average Bonchev–Trinajstić information content (AvgIpc) is 3.28. The van der Waals surface area contributed by atoms with Crippen molar-refractivity contribution in [2.45, 2.75) is 31.6 Å². The Labute approximate surface area is 159 Å². The summed E-state index contributed by atoms with van der Waals surface area (Å²) in [5.74, 6) is 0.163. The predicted molar refractivity (Wildman–Crippen MR) is 108 cm³/mol. The minimum atomic E-state index is -0.240. The Morgan fingerprint density at radius 2 is 1.85 bits per heavy atom. The zero-order chi connectivity index (χ0) is 18.6. The van der Waals surface area contributed by atoms with Crippen LogP contribution < -0.4 is 0 Å². The van der Waals surface area contributed by atoms with Crippen molar-refractivity contribution < 1.29 is 9.53 Å². The lowest BCUT2D eigenvalue weighted by atomic mass is 9.67. The molecule has 2 aromatic carbocycles. The number of fused-ring (bicyclic) bond motifs is 5. The van der Waals surface area contributed by atoms with Gasteiger partial charge in [0.2, 0.25) is 0 Å². The van der Waals surface area contributed by atoms with Gasteiger partial charge in [0.25, 0.3) is 0 Å². The summed E-state index contributed by atoms with van der Waals surface area (Å²) in [4.78, 5) is 13.0. The van der Waals surface area contributed by atoms with Crippen molar-refractivity contribution in [3.05, 3.63) is 77.5 Å². The number of carbonyl (C=O) groups excluding carboxylic acids is 1. The Kier molecular flexibility index (Phi) is 3.55. The van der Waals surface area contributed by atoms with E-state index in [1.807, 2.05) is 18.2 Å². The number of benzene rings is 2. The maximum atomic E-state index is 13.0. The second-order valence-electron chi connectivity index (χ2n) is 7.71. The van der Waals surface area contributed by atoms with Crippen LogP contribution in [0.25, 0.3) is 16.6 Å². The topological polar surface area (TPSA) is 31.2 Å². The first-order chi connectivity index (χ1) is 13.2. The fraction of sp³-hybridized carbons (Fsp3) is 0.292. The number of rotatable bonds is 2. The predicted octanol–water partition coefficient (Wildman–Crippen LogP) is 5.39. The second-order valence-corrected chi connectivity index (χ2v) is 7.71. The van der Waals surface area contributed by atoms with Crippen molar-refractivity contribution in [3.8, 4) is 0 Å². The fourth-order valence-corrected chi connectivity index (χ4v) is 5.49. The van der Waals surface area contributed by atoms with Gasteiger partial charge >= 0.3 is 5.97 Å². The Hall–Kier alpha value is -2.81. The van der Waals surface area contributed by atoms with E-state index in [2.05, 4.69) is 54.0 Å². The van der Waals surface area contributed by atoms with E-state index in [1.54, 1.807) is 0 Å². The summed E-state index contributed by atoms with van der Waals surface area (Å²) in [5, 5.41) is 0.981. The molecule has 1 saturated carbocycles. The van der Waals surface area contributed by atoms with E-state index in [0.29, 0.717) is 5.92 Å². The summed E-state index contributed by atoms with van der Waals surface area (Å²) < 4.78 is 7.56. The van der Waals surface area contributed by atoms with Gasteiger partial charge in [0.05, 0.1) is 18.2 Å². The maximum Gasteiger partial charge on any atom is 0.340 e. The van der Waals surface area contributed by atoms with Gasteiger partial charge in [-0.05, 0) is 37.3 Å². The number of nitrogens with zero attached hydrogens (tertiary/aromatic N) is 1. The molecule has 1 fully saturated rings. The van der Waals surface area contributed by atoms with E-state index in [9.17, 15) is 4.79 Å². The molecule has 1 aromatic heterocycles. The number of hydrogen-bond donors (Lipinski definition) is 0. The fourth-order valence-electron chi connectivity index (χ4n) is 5.49.